The summed E-state index contributed by atoms with van der Waals surface area (Å²) in [4.78, 5) is 0. The maximum absolute atomic E-state index is 6.35. The van der Waals surface area contributed by atoms with Gasteiger partial charge >= 0.3 is 0 Å². The Balaban J connectivity index is 0.000000162. The Kier molecular flexibility index (Phi) is 7.13. The van der Waals surface area contributed by atoms with Gasteiger partial charge in [-0.3, -0.25) is 0 Å². The smallest absolute Gasteiger partial charge is 0.168 e. The molecule has 0 amide bonds. The first-order valence-electron chi connectivity index (χ1n) is 8.93. The predicted octanol–water partition coefficient (Wildman–Crippen LogP) is 7.84. The van der Waals surface area contributed by atoms with E-state index in [0.29, 0.717) is 0 Å². The second-order valence-electron chi connectivity index (χ2n) is 6.03. The van der Waals surface area contributed by atoms with E-state index in [2.05, 4.69) is 0 Å². The molecule has 0 atom stereocenters. The predicted molar refractivity (Wildman–Crippen MR) is 118 cm³/mol. The maximum Gasteiger partial charge on any atom is 0.168 e. The molecule has 28 heavy (non-hydrogen) atoms. The zero-order valence-electron chi connectivity index (χ0n) is 15.2. The van der Waals surface area contributed by atoms with Crippen molar-refractivity contribution >= 4 is 23.2 Å². The largest absolute Gasteiger partial charge is 0.457 e. The van der Waals surface area contributed by atoms with Gasteiger partial charge in [0.1, 0.15) is 11.5 Å². The van der Waals surface area contributed by atoms with Crippen molar-refractivity contribution in [3.63, 3.8) is 0 Å². The fraction of sp³-hybridized carbons (Fsp3) is 0.0400. The molecule has 1 nitrogen and oxygen atoms in total. The number of hydrogen-bond donors (Lipinski definition) is 0. The lowest BCUT2D eigenvalue weighted by atomic mass is 10.0. The summed E-state index contributed by atoms with van der Waals surface area (Å²) in [5.41, 5.74) is 1.78. The van der Waals surface area contributed by atoms with E-state index in [9.17, 15) is 0 Å². The van der Waals surface area contributed by atoms with Gasteiger partial charge in [0, 0.05) is 0 Å². The van der Waals surface area contributed by atoms with Crippen molar-refractivity contribution in [1.29, 1.82) is 0 Å². The maximum atomic E-state index is 6.35. The Morgan fingerprint density at radius 3 is 1.04 bits per heavy atom. The number of hydrogen-bond acceptors (Lipinski definition) is 1. The van der Waals surface area contributed by atoms with Gasteiger partial charge in [0.2, 0.25) is 0 Å². The lowest BCUT2D eigenvalue weighted by molar-refractivity contribution is 0.482. The molecular formula is C25H20Cl2O. The molecule has 0 saturated heterocycles. The average molecular weight is 407 g/mol. The van der Waals surface area contributed by atoms with Crippen molar-refractivity contribution in [1.82, 2.24) is 0 Å². The van der Waals surface area contributed by atoms with Crippen LogP contribution in [-0.4, -0.2) is 0 Å². The van der Waals surface area contributed by atoms with Crippen molar-refractivity contribution in [3.8, 4) is 11.5 Å². The van der Waals surface area contributed by atoms with Gasteiger partial charge in [-0.15, -0.1) is 0 Å². The number of ether oxygens (including phenoxy) is 1. The van der Waals surface area contributed by atoms with E-state index in [0.717, 1.165) is 22.6 Å². The van der Waals surface area contributed by atoms with Gasteiger partial charge in [-0.25, -0.2) is 0 Å². The molecule has 0 heterocycles. The lowest BCUT2D eigenvalue weighted by Crippen LogP contribution is -2.11. The quantitative estimate of drug-likeness (QED) is 0.313. The Morgan fingerprint density at radius 2 is 0.714 bits per heavy atom. The van der Waals surface area contributed by atoms with Crippen LogP contribution in [0.2, 0.25) is 0 Å². The third-order valence-electron chi connectivity index (χ3n) is 3.99. The van der Waals surface area contributed by atoms with Gasteiger partial charge in [-0.2, -0.15) is 0 Å². The molecule has 4 aromatic rings. The summed E-state index contributed by atoms with van der Waals surface area (Å²) in [6, 6.07) is 38.8. The van der Waals surface area contributed by atoms with Crippen LogP contribution in [0.3, 0.4) is 0 Å². The van der Waals surface area contributed by atoms with Crippen molar-refractivity contribution in [3.05, 3.63) is 132 Å². The van der Waals surface area contributed by atoms with E-state index in [4.69, 9.17) is 27.9 Å². The van der Waals surface area contributed by atoms with Crippen LogP contribution in [0.25, 0.3) is 0 Å². The topological polar surface area (TPSA) is 9.23 Å². The van der Waals surface area contributed by atoms with E-state index in [1.54, 1.807) is 0 Å². The molecule has 4 rings (SSSR count). The summed E-state index contributed by atoms with van der Waals surface area (Å²) in [5, 5.41) is 0. The van der Waals surface area contributed by atoms with Crippen molar-refractivity contribution in [2.45, 2.75) is 4.33 Å². The Morgan fingerprint density at radius 1 is 0.429 bits per heavy atom. The Labute approximate surface area is 176 Å². The zero-order valence-corrected chi connectivity index (χ0v) is 16.7. The first-order valence-corrected chi connectivity index (χ1v) is 9.68. The molecule has 0 aromatic heterocycles. The van der Waals surface area contributed by atoms with Crippen LogP contribution in [0.15, 0.2) is 121 Å². The molecule has 140 valence electrons. The average Bonchev–Trinajstić information content (AvgIpc) is 2.77. The second-order valence-corrected chi connectivity index (χ2v) is 7.36. The van der Waals surface area contributed by atoms with Crippen LogP contribution in [0.1, 0.15) is 11.1 Å². The summed E-state index contributed by atoms with van der Waals surface area (Å²) >= 11 is 12.7. The number of benzene rings is 4. The Hall–Kier alpha value is -2.74. The Bertz CT molecular complexity index is 862. The van der Waals surface area contributed by atoms with Gasteiger partial charge in [-0.1, -0.05) is 120 Å². The number of halogens is 2. The standard InChI is InChI=1S/C13H10Cl2.C12H10O/c14-13(15,11-7-3-1-4-8-11)12-9-5-2-6-10-12;1-3-7-11(8-4-1)13-12-9-5-2-6-10-12/h1-10H;1-10H. The van der Waals surface area contributed by atoms with Crippen LogP contribution in [0, 0.1) is 0 Å². The van der Waals surface area contributed by atoms with Gasteiger partial charge in [0.25, 0.3) is 0 Å². The lowest BCUT2D eigenvalue weighted by Gasteiger charge is -2.20. The van der Waals surface area contributed by atoms with Crippen LogP contribution in [0.4, 0.5) is 0 Å². The van der Waals surface area contributed by atoms with Crippen LogP contribution in [-0.2, 0) is 4.33 Å². The fourth-order valence-electron chi connectivity index (χ4n) is 2.57. The van der Waals surface area contributed by atoms with Gasteiger partial charge in [0.05, 0.1) is 0 Å². The summed E-state index contributed by atoms with van der Waals surface area (Å²) in [6.07, 6.45) is 0. The minimum atomic E-state index is -0.970. The van der Waals surface area contributed by atoms with E-state index in [1.807, 2.05) is 121 Å². The third kappa shape index (κ3) is 5.63. The van der Waals surface area contributed by atoms with Gasteiger partial charge < -0.3 is 4.74 Å². The normalized spacial score (nSPS) is 10.5. The van der Waals surface area contributed by atoms with E-state index in [1.165, 1.54) is 0 Å². The van der Waals surface area contributed by atoms with Crippen LogP contribution in [0.5, 0.6) is 11.5 Å². The highest BCUT2D eigenvalue weighted by atomic mass is 35.5. The van der Waals surface area contributed by atoms with Crippen molar-refractivity contribution in [2.75, 3.05) is 0 Å². The number of alkyl halides is 2. The molecule has 4 aromatic carbocycles. The van der Waals surface area contributed by atoms with Crippen LogP contribution >= 0.6 is 23.2 Å². The summed E-state index contributed by atoms with van der Waals surface area (Å²) in [5.74, 6) is 1.74. The minimum absolute atomic E-state index is 0.869. The van der Waals surface area contributed by atoms with Crippen molar-refractivity contribution < 1.29 is 4.74 Å². The summed E-state index contributed by atoms with van der Waals surface area (Å²) < 4.78 is 4.61. The van der Waals surface area contributed by atoms with E-state index < -0.39 is 4.33 Å². The molecule has 3 heteroatoms. The molecule has 0 unspecified atom stereocenters. The first-order chi connectivity index (χ1) is 13.7. The fourth-order valence-corrected chi connectivity index (χ4v) is 3.08. The monoisotopic (exact) mass is 406 g/mol. The third-order valence-corrected chi connectivity index (χ3v) is 4.87. The van der Waals surface area contributed by atoms with E-state index in [-0.39, 0.29) is 0 Å². The highest BCUT2D eigenvalue weighted by molar-refractivity contribution is 6.50. The van der Waals surface area contributed by atoms with Crippen molar-refractivity contribution in [2.24, 2.45) is 0 Å². The van der Waals surface area contributed by atoms with E-state index >= 15 is 0 Å². The SMILES string of the molecule is ClC(Cl)(c1ccccc1)c1ccccc1.c1ccc(Oc2ccccc2)cc1. The van der Waals surface area contributed by atoms with Gasteiger partial charge in [-0.05, 0) is 35.4 Å². The first kappa shape index (κ1) is 20.0. The molecule has 0 N–H and O–H groups in total. The second kappa shape index (κ2) is 9.98. The molecule has 0 fully saturated rings. The molecule has 0 bridgehead atoms. The number of para-hydroxylation sites is 2. The zero-order chi connectivity index (χ0) is 19.7. The van der Waals surface area contributed by atoms with Gasteiger partial charge in [0.15, 0.2) is 4.33 Å². The molecule has 0 spiro atoms. The highest BCUT2D eigenvalue weighted by Crippen LogP contribution is 2.40. The molecule has 0 radical (unpaired) electrons. The molecule has 0 saturated carbocycles. The summed E-state index contributed by atoms with van der Waals surface area (Å²) in [6.45, 7) is 0. The minimum Gasteiger partial charge on any atom is -0.457 e. The molecular weight excluding hydrogens is 387 g/mol. The molecule has 0 aliphatic carbocycles. The molecule has 0 aliphatic heterocycles. The highest BCUT2D eigenvalue weighted by Gasteiger charge is 2.28. The molecule has 0 aliphatic rings. The summed E-state index contributed by atoms with van der Waals surface area (Å²) in [7, 11) is 0. The number of rotatable bonds is 4. The van der Waals surface area contributed by atoms with Crippen LogP contribution < -0.4 is 4.74 Å².